The quantitative estimate of drug-likeness (QED) is 0.613. The van der Waals surface area contributed by atoms with Gasteiger partial charge in [-0.05, 0) is 29.9 Å². The van der Waals surface area contributed by atoms with Crippen molar-refractivity contribution in [1.29, 1.82) is 0 Å². The van der Waals surface area contributed by atoms with Crippen LogP contribution < -0.4 is 0 Å². The molecule has 0 radical (unpaired) electrons. The molecule has 0 aliphatic carbocycles. The Morgan fingerprint density at radius 1 is 1.07 bits per heavy atom. The standard InChI is InChI=1S/C14H20/c1-5-6-7-12-8-10-13(11-9-12)14(2,3)4/h5-6,8-11H,7H2,1-4H3/b6-5-. The molecule has 0 aliphatic rings. The molecule has 76 valence electrons. The highest BCUT2D eigenvalue weighted by Gasteiger charge is 2.12. The van der Waals surface area contributed by atoms with Gasteiger partial charge in [-0.1, -0.05) is 57.2 Å². The van der Waals surface area contributed by atoms with Gasteiger partial charge in [0.15, 0.2) is 0 Å². The second kappa shape index (κ2) is 4.45. The molecule has 1 aromatic rings. The maximum absolute atomic E-state index is 2.24. The fourth-order valence-corrected chi connectivity index (χ4v) is 1.39. The fourth-order valence-electron chi connectivity index (χ4n) is 1.39. The first kappa shape index (κ1) is 11.0. The lowest BCUT2D eigenvalue weighted by Crippen LogP contribution is -2.10. The van der Waals surface area contributed by atoms with E-state index in [0.29, 0.717) is 0 Å². The zero-order valence-electron chi connectivity index (χ0n) is 9.67. The lowest BCUT2D eigenvalue weighted by Gasteiger charge is -2.18. The Morgan fingerprint density at radius 2 is 1.64 bits per heavy atom. The Morgan fingerprint density at radius 3 is 2.07 bits per heavy atom. The average Bonchev–Trinajstić information content (AvgIpc) is 2.14. The SMILES string of the molecule is C/C=C\Cc1ccc(C(C)(C)C)cc1. The van der Waals surface area contributed by atoms with Crippen molar-refractivity contribution in [3.8, 4) is 0 Å². The molecule has 0 unspecified atom stereocenters. The topological polar surface area (TPSA) is 0 Å². The lowest BCUT2D eigenvalue weighted by molar-refractivity contribution is 0.590. The molecule has 0 aromatic heterocycles. The van der Waals surface area contributed by atoms with Gasteiger partial charge in [-0.25, -0.2) is 0 Å². The third kappa shape index (κ3) is 3.02. The van der Waals surface area contributed by atoms with E-state index >= 15 is 0 Å². The maximum Gasteiger partial charge on any atom is -0.00976 e. The second-order valence-corrected chi connectivity index (χ2v) is 4.72. The van der Waals surface area contributed by atoms with Gasteiger partial charge in [0.05, 0.1) is 0 Å². The number of rotatable bonds is 2. The van der Waals surface area contributed by atoms with Crippen LogP contribution in [0.3, 0.4) is 0 Å². The third-order valence-corrected chi connectivity index (χ3v) is 2.41. The predicted molar refractivity (Wildman–Crippen MR) is 63.7 cm³/mol. The molecule has 1 aromatic carbocycles. The first-order chi connectivity index (χ1) is 6.54. The van der Waals surface area contributed by atoms with Gasteiger partial charge in [0.2, 0.25) is 0 Å². The molecule has 0 heteroatoms. The molecule has 0 fully saturated rings. The van der Waals surface area contributed by atoms with Gasteiger partial charge in [-0.15, -0.1) is 0 Å². The van der Waals surface area contributed by atoms with Gasteiger partial charge in [0.1, 0.15) is 0 Å². The summed E-state index contributed by atoms with van der Waals surface area (Å²) in [7, 11) is 0. The molecule has 0 saturated carbocycles. The largest absolute Gasteiger partial charge is 0.0913 e. The first-order valence-corrected chi connectivity index (χ1v) is 5.24. The summed E-state index contributed by atoms with van der Waals surface area (Å²) in [6, 6.07) is 8.92. The molecular weight excluding hydrogens is 168 g/mol. The van der Waals surface area contributed by atoms with E-state index < -0.39 is 0 Å². The fraction of sp³-hybridized carbons (Fsp3) is 0.429. The summed E-state index contributed by atoms with van der Waals surface area (Å²) in [5, 5.41) is 0. The monoisotopic (exact) mass is 188 g/mol. The summed E-state index contributed by atoms with van der Waals surface area (Å²) in [5.74, 6) is 0. The van der Waals surface area contributed by atoms with Crippen LogP contribution in [-0.2, 0) is 11.8 Å². The molecule has 0 nitrogen and oxygen atoms in total. The predicted octanol–water partition coefficient (Wildman–Crippen LogP) is 4.10. The van der Waals surface area contributed by atoms with Crippen molar-refractivity contribution in [2.24, 2.45) is 0 Å². The Bertz CT molecular complexity index is 296. The number of benzene rings is 1. The van der Waals surface area contributed by atoms with Crippen LogP contribution >= 0.6 is 0 Å². The van der Waals surface area contributed by atoms with E-state index in [1.54, 1.807) is 0 Å². The van der Waals surface area contributed by atoms with Crippen LogP contribution in [0.4, 0.5) is 0 Å². The number of hydrogen-bond acceptors (Lipinski definition) is 0. The normalized spacial score (nSPS) is 12.3. The highest BCUT2D eigenvalue weighted by atomic mass is 14.2. The van der Waals surface area contributed by atoms with Crippen LogP contribution in [0.5, 0.6) is 0 Å². The zero-order valence-corrected chi connectivity index (χ0v) is 9.67. The van der Waals surface area contributed by atoms with Crippen LogP contribution in [0.2, 0.25) is 0 Å². The van der Waals surface area contributed by atoms with Crippen LogP contribution in [0.1, 0.15) is 38.8 Å². The Balaban J connectivity index is 2.79. The molecule has 0 N–H and O–H groups in total. The molecule has 1 rings (SSSR count). The van der Waals surface area contributed by atoms with Crippen LogP contribution in [0.15, 0.2) is 36.4 Å². The van der Waals surface area contributed by atoms with Gasteiger partial charge in [-0.2, -0.15) is 0 Å². The van der Waals surface area contributed by atoms with Gasteiger partial charge < -0.3 is 0 Å². The minimum Gasteiger partial charge on any atom is -0.0913 e. The van der Waals surface area contributed by atoms with Crippen molar-refractivity contribution < 1.29 is 0 Å². The van der Waals surface area contributed by atoms with E-state index in [1.807, 2.05) is 0 Å². The molecule has 0 bridgehead atoms. The Labute approximate surface area is 87.7 Å². The number of hydrogen-bond donors (Lipinski definition) is 0. The third-order valence-electron chi connectivity index (χ3n) is 2.41. The Kier molecular flexibility index (Phi) is 3.51. The molecule has 0 heterocycles. The van der Waals surface area contributed by atoms with E-state index in [2.05, 4.69) is 64.1 Å². The van der Waals surface area contributed by atoms with Crippen molar-refractivity contribution in [1.82, 2.24) is 0 Å². The Hall–Kier alpha value is -1.04. The van der Waals surface area contributed by atoms with Crippen LogP contribution in [0.25, 0.3) is 0 Å². The molecular formula is C14H20. The van der Waals surface area contributed by atoms with Gasteiger partial charge in [0.25, 0.3) is 0 Å². The molecule has 0 atom stereocenters. The summed E-state index contributed by atoms with van der Waals surface area (Å²) >= 11 is 0. The highest BCUT2D eigenvalue weighted by Crippen LogP contribution is 2.22. The molecule has 0 spiro atoms. The summed E-state index contributed by atoms with van der Waals surface area (Å²) in [6.45, 7) is 8.79. The lowest BCUT2D eigenvalue weighted by atomic mass is 9.86. The van der Waals surface area contributed by atoms with Gasteiger partial charge in [-0.3, -0.25) is 0 Å². The van der Waals surface area contributed by atoms with E-state index in [4.69, 9.17) is 0 Å². The zero-order chi connectivity index (χ0) is 10.6. The van der Waals surface area contributed by atoms with Crippen molar-refractivity contribution in [3.63, 3.8) is 0 Å². The molecule has 14 heavy (non-hydrogen) atoms. The minimum absolute atomic E-state index is 0.263. The van der Waals surface area contributed by atoms with Crippen molar-refractivity contribution >= 4 is 0 Å². The van der Waals surface area contributed by atoms with E-state index in [9.17, 15) is 0 Å². The first-order valence-electron chi connectivity index (χ1n) is 5.24. The minimum atomic E-state index is 0.263. The van der Waals surface area contributed by atoms with Crippen LogP contribution in [0, 0.1) is 0 Å². The van der Waals surface area contributed by atoms with Crippen molar-refractivity contribution in [3.05, 3.63) is 47.5 Å². The molecule has 0 aliphatic heterocycles. The van der Waals surface area contributed by atoms with E-state index in [1.165, 1.54) is 11.1 Å². The van der Waals surface area contributed by atoms with Crippen molar-refractivity contribution in [2.75, 3.05) is 0 Å². The van der Waals surface area contributed by atoms with E-state index in [-0.39, 0.29) is 5.41 Å². The van der Waals surface area contributed by atoms with Gasteiger partial charge in [0, 0.05) is 0 Å². The second-order valence-electron chi connectivity index (χ2n) is 4.72. The van der Waals surface area contributed by atoms with Crippen LogP contribution in [-0.4, -0.2) is 0 Å². The van der Waals surface area contributed by atoms with Gasteiger partial charge >= 0.3 is 0 Å². The number of allylic oxidation sites excluding steroid dienone is 2. The summed E-state index contributed by atoms with van der Waals surface area (Å²) in [6.07, 6.45) is 5.32. The summed E-state index contributed by atoms with van der Waals surface area (Å²) in [4.78, 5) is 0. The summed E-state index contributed by atoms with van der Waals surface area (Å²) in [5.41, 5.74) is 3.05. The maximum atomic E-state index is 2.24. The molecule has 0 amide bonds. The average molecular weight is 188 g/mol. The molecule has 0 saturated heterocycles. The van der Waals surface area contributed by atoms with E-state index in [0.717, 1.165) is 6.42 Å². The highest BCUT2D eigenvalue weighted by molar-refractivity contribution is 5.28. The van der Waals surface area contributed by atoms with Crippen molar-refractivity contribution in [2.45, 2.75) is 39.5 Å². The smallest absolute Gasteiger partial charge is 0.00976 e. The summed E-state index contributed by atoms with van der Waals surface area (Å²) < 4.78 is 0.